The van der Waals surface area contributed by atoms with Crippen LogP contribution in [0.5, 0.6) is 0 Å². The average Bonchev–Trinajstić information content (AvgIpc) is 2.29. The third-order valence-corrected chi connectivity index (χ3v) is 2.03. The molecule has 0 aliphatic heterocycles. The third kappa shape index (κ3) is 4.39. The maximum Gasteiger partial charge on any atom is 0.235 e. The summed E-state index contributed by atoms with van der Waals surface area (Å²) < 4.78 is 4.66. The molecule has 0 saturated heterocycles. The lowest BCUT2D eigenvalue weighted by molar-refractivity contribution is -0.142. The second-order valence-electron chi connectivity index (χ2n) is 3.15. The van der Waals surface area contributed by atoms with Crippen molar-refractivity contribution in [1.82, 2.24) is 5.32 Å². The van der Waals surface area contributed by atoms with Crippen LogP contribution in [0.4, 0.5) is 0 Å². The largest absolute Gasteiger partial charge is 0.394 e. The SMILES string of the molecule is COC(CO)C(O)C(O)C(O)NC(=O)CN. The fourth-order valence-electron chi connectivity index (χ4n) is 1.04. The maximum atomic E-state index is 10.8. The number of nitrogens with one attached hydrogen (secondary N) is 1. The Hall–Kier alpha value is -0.770. The first-order valence-corrected chi connectivity index (χ1v) is 4.65. The molecule has 8 heteroatoms. The highest BCUT2D eigenvalue weighted by molar-refractivity contribution is 5.77. The molecule has 0 aromatic heterocycles. The molecular weight excluding hydrogens is 220 g/mol. The van der Waals surface area contributed by atoms with E-state index >= 15 is 0 Å². The van der Waals surface area contributed by atoms with Crippen molar-refractivity contribution in [2.45, 2.75) is 24.5 Å². The van der Waals surface area contributed by atoms with Gasteiger partial charge in [-0.3, -0.25) is 4.79 Å². The highest BCUT2D eigenvalue weighted by Crippen LogP contribution is 2.06. The number of aliphatic hydroxyl groups excluding tert-OH is 4. The van der Waals surface area contributed by atoms with Crippen molar-refractivity contribution < 1.29 is 30.0 Å². The van der Waals surface area contributed by atoms with Crippen molar-refractivity contribution in [1.29, 1.82) is 0 Å². The quantitative estimate of drug-likeness (QED) is 0.249. The Labute approximate surface area is 92.6 Å². The molecule has 0 radical (unpaired) electrons. The van der Waals surface area contributed by atoms with E-state index in [9.17, 15) is 20.1 Å². The topological polar surface area (TPSA) is 145 Å². The van der Waals surface area contributed by atoms with Gasteiger partial charge in [0.15, 0.2) is 6.23 Å². The molecular formula is C8H18N2O6. The molecule has 0 rings (SSSR count). The normalized spacial score (nSPS) is 18.6. The second-order valence-corrected chi connectivity index (χ2v) is 3.15. The first-order valence-electron chi connectivity index (χ1n) is 4.65. The molecule has 4 atom stereocenters. The van der Waals surface area contributed by atoms with E-state index in [0.717, 1.165) is 0 Å². The summed E-state index contributed by atoms with van der Waals surface area (Å²) in [5, 5.41) is 38.9. The van der Waals surface area contributed by atoms with Crippen molar-refractivity contribution in [3.05, 3.63) is 0 Å². The number of hydrogen-bond acceptors (Lipinski definition) is 7. The molecule has 0 aromatic rings. The minimum atomic E-state index is -1.69. The van der Waals surface area contributed by atoms with Crippen molar-refractivity contribution in [3.63, 3.8) is 0 Å². The Bertz CT molecular complexity index is 211. The Balaban J connectivity index is 4.29. The maximum absolute atomic E-state index is 10.8. The minimum Gasteiger partial charge on any atom is -0.394 e. The van der Waals surface area contributed by atoms with Crippen LogP contribution < -0.4 is 11.1 Å². The molecule has 0 aliphatic carbocycles. The molecule has 1 amide bonds. The van der Waals surface area contributed by atoms with Gasteiger partial charge in [0.2, 0.25) is 5.91 Å². The van der Waals surface area contributed by atoms with E-state index in [1.165, 1.54) is 7.11 Å². The average molecular weight is 238 g/mol. The van der Waals surface area contributed by atoms with Crippen LogP contribution in [0.1, 0.15) is 0 Å². The predicted molar refractivity (Wildman–Crippen MR) is 53.1 cm³/mol. The van der Waals surface area contributed by atoms with E-state index in [1.54, 1.807) is 0 Å². The first kappa shape index (κ1) is 15.2. The molecule has 0 heterocycles. The van der Waals surface area contributed by atoms with Gasteiger partial charge in [0.05, 0.1) is 13.2 Å². The van der Waals surface area contributed by atoms with E-state index in [4.69, 9.17) is 10.8 Å². The van der Waals surface area contributed by atoms with Crippen molar-refractivity contribution >= 4 is 5.91 Å². The standard InChI is InChI=1S/C8H18N2O6/c1-16-4(3-11)6(13)7(14)8(15)10-5(12)2-9/h4,6-8,11,13-15H,2-3,9H2,1H3,(H,10,12). The van der Waals surface area contributed by atoms with Gasteiger partial charge >= 0.3 is 0 Å². The zero-order chi connectivity index (χ0) is 12.7. The number of carbonyl (C=O) groups excluding carboxylic acids is 1. The van der Waals surface area contributed by atoms with Gasteiger partial charge in [0.1, 0.15) is 18.3 Å². The van der Waals surface area contributed by atoms with E-state index in [2.05, 4.69) is 4.74 Å². The van der Waals surface area contributed by atoms with Gasteiger partial charge in [-0.2, -0.15) is 0 Å². The summed E-state index contributed by atoms with van der Waals surface area (Å²) in [6, 6.07) is 0. The molecule has 96 valence electrons. The Morgan fingerprint density at radius 1 is 1.38 bits per heavy atom. The first-order chi connectivity index (χ1) is 7.47. The van der Waals surface area contributed by atoms with Crippen LogP contribution in [0.3, 0.4) is 0 Å². The zero-order valence-electron chi connectivity index (χ0n) is 8.91. The number of hydrogen-bond donors (Lipinski definition) is 6. The van der Waals surface area contributed by atoms with Crippen LogP contribution in [0.25, 0.3) is 0 Å². The van der Waals surface area contributed by atoms with E-state index in [-0.39, 0.29) is 6.54 Å². The Morgan fingerprint density at radius 2 is 1.94 bits per heavy atom. The molecule has 0 aromatic carbocycles. The van der Waals surface area contributed by atoms with Crippen LogP contribution in [0, 0.1) is 0 Å². The molecule has 4 unspecified atom stereocenters. The molecule has 0 aliphatic rings. The van der Waals surface area contributed by atoms with Crippen LogP contribution in [0.15, 0.2) is 0 Å². The smallest absolute Gasteiger partial charge is 0.235 e. The fourth-order valence-corrected chi connectivity index (χ4v) is 1.04. The molecule has 0 bridgehead atoms. The molecule has 0 saturated carbocycles. The monoisotopic (exact) mass is 238 g/mol. The Morgan fingerprint density at radius 3 is 2.31 bits per heavy atom. The van der Waals surface area contributed by atoms with E-state index in [1.807, 2.05) is 5.32 Å². The van der Waals surface area contributed by atoms with Gasteiger partial charge in [-0.1, -0.05) is 0 Å². The number of amides is 1. The van der Waals surface area contributed by atoms with Crippen LogP contribution >= 0.6 is 0 Å². The predicted octanol–water partition coefficient (Wildman–Crippen LogP) is -3.89. The van der Waals surface area contributed by atoms with Crippen molar-refractivity contribution in [3.8, 4) is 0 Å². The van der Waals surface area contributed by atoms with Gasteiger partial charge in [0, 0.05) is 7.11 Å². The number of nitrogens with two attached hydrogens (primary N) is 1. The lowest BCUT2D eigenvalue weighted by Crippen LogP contribution is -2.53. The highest BCUT2D eigenvalue weighted by Gasteiger charge is 2.31. The van der Waals surface area contributed by atoms with Crippen LogP contribution in [-0.2, 0) is 9.53 Å². The third-order valence-electron chi connectivity index (χ3n) is 2.03. The van der Waals surface area contributed by atoms with Gasteiger partial charge in [-0.25, -0.2) is 0 Å². The fraction of sp³-hybridized carbons (Fsp3) is 0.875. The van der Waals surface area contributed by atoms with Crippen LogP contribution in [-0.4, -0.2) is 71.1 Å². The molecule has 0 spiro atoms. The van der Waals surface area contributed by atoms with E-state index in [0.29, 0.717) is 0 Å². The summed E-state index contributed by atoms with van der Waals surface area (Å²) in [7, 11) is 1.22. The van der Waals surface area contributed by atoms with Gasteiger partial charge in [0.25, 0.3) is 0 Å². The van der Waals surface area contributed by atoms with Crippen LogP contribution in [0.2, 0.25) is 0 Å². The molecule has 8 nitrogen and oxygen atoms in total. The summed E-state index contributed by atoms with van der Waals surface area (Å²) in [6.07, 6.45) is -5.97. The lowest BCUT2D eigenvalue weighted by atomic mass is 10.1. The van der Waals surface area contributed by atoms with Gasteiger partial charge in [-0.05, 0) is 0 Å². The zero-order valence-corrected chi connectivity index (χ0v) is 8.91. The summed E-state index contributed by atoms with van der Waals surface area (Å²) in [5.41, 5.74) is 4.98. The second kappa shape index (κ2) is 7.49. The molecule has 7 N–H and O–H groups in total. The number of ether oxygens (including phenoxy) is 1. The highest BCUT2D eigenvalue weighted by atomic mass is 16.5. The van der Waals surface area contributed by atoms with Crippen molar-refractivity contribution in [2.75, 3.05) is 20.3 Å². The Kier molecular flexibility index (Phi) is 7.13. The minimum absolute atomic E-state index is 0.354. The number of carbonyl (C=O) groups is 1. The van der Waals surface area contributed by atoms with Crippen molar-refractivity contribution in [2.24, 2.45) is 5.73 Å². The summed E-state index contributed by atoms with van der Waals surface area (Å²) >= 11 is 0. The summed E-state index contributed by atoms with van der Waals surface area (Å²) in [4.78, 5) is 10.8. The summed E-state index contributed by atoms with van der Waals surface area (Å²) in [5.74, 6) is -0.684. The summed E-state index contributed by atoms with van der Waals surface area (Å²) in [6.45, 7) is -0.889. The number of aliphatic hydroxyl groups is 4. The van der Waals surface area contributed by atoms with Gasteiger partial charge < -0.3 is 36.2 Å². The number of rotatable bonds is 7. The molecule has 16 heavy (non-hydrogen) atoms. The lowest BCUT2D eigenvalue weighted by Gasteiger charge is -2.27. The molecule has 0 fully saturated rings. The van der Waals surface area contributed by atoms with E-state index < -0.39 is 37.1 Å². The number of methoxy groups -OCH3 is 1. The van der Waals surface area contributed by atoms with Gasteiger partial charge in [-0.15, -0.1) is 0 Å².